The number of aryl methyl sites for hydroxylation is 1. The highest BCUT2D eigenvalue weighted by molar-refractivity contribution is 5.14. The Morgan fingerprint density at radius 1 is 1.16 bits per heavy atom. The molecule has 1 aromatic heterocycles. The van der Waals surface area contributed by atoms with Crippen molar-refractivity contribution in [3.63, 3.8) is 0 Å². The molecule has 0 radical (unpaired) electrons. The highest BCUT2D eigenvalue weighted by Crippen LogP contribution is 2.48. The number of benzene rings is 1. The van der Waals surface area contributed by atoms with Crippen molar-refractivity contribution in [2.45, 2.75) is 45.7 Å². The first-order chi connectivity index (χ1) is 12.2. The van der Waals surface area contributed by atoms with Gasteiger partial charge in [-0.1, -0.05) is 37.3 Å². The molecule has 0 amide bonds. The molecule has 0 saturated carbocycles. The molecule has 3 heterocycles. The van der Waals surface area contributed by atoms with Crippen molar-refractivity contribution in [3.8, 4) is 0 Å². The van der Waals surface area contributed by atoms with Crippen molar-refractivity contribution in [2.75, 3.05) is 26.2 Å². The molecule has 2 aliphatic rings. The van der Waals surface area contributed by atoms with E-state index in [2.05, 4.69) is 57.3 Å². The largest absolute Gasteiger partial charge is 0.424 e. The Balaban J connectivity index is 1.40. The Kier molecular flexibility index (Phi) is 4.61. The summed E-state index contributed by atoms with van der Waals surface area (Å²) < 4.78 is 5.76. The minimum atomic E-state index is 0.298. The van der Waals surface area contributed by atoms with E-state index in [-0.39, 0.29) is 0 Å². The third kappa shape index (κ3) is 3.48. The van der Waals surface area contributed by atoms with Crippen LogP contribution in [0.1, 0.15) is 49.6 Å². The van der Waals surface area contributed by atoms with Gasteiger partial charge >= 0.3 is 0 Å². The predicted molar refractivity (Wildman–Crippen MR) is 97.0 cm³/mol. The van der Waals surface area contributed by atoms with Crippen LogP contribution in [0.15, 0.2) is 34.7 Å². The molecule has 1 aromatic carbocycles. The molecule has 0 bridgehead atoms. The van der Waals surface area contributed by atoms with E-state index in [1.54, 1.807) is 0 Å². The van der Waals surface area contributed by atoms with E-state index in [0.717, 1.165) is 31.9 Å². The zero-order valence-electron chi connectivity index (χ0n) is 15.3. The topological polar surface area (TPSA) is 45.4 Å². The third-order valence-electron chi connectivity index (χ3n) is 6.00. The minimum Gasteiger partial charge on any atom is -0.424 e. The maximum atomic E-state index is 5.76. The summed E-state index contributed by atoms with van der Waals surface area (Å²) in [5.74, 6) is 1.48. The average Bonchev–Trinajstić information content (AvgIpc) is 3.22. The van der Waals surface area contributed by atoms with Gasteiger partial charge in [0.2, 0.25) is 11.8 Å². The van der Waals surface area contributed by atoms with Crippen LogP contribution in [0.2, 0.25) is 0 Å². The summed E-state index contributed by atoms with van der Waals surface area (Å²) >= 11 is 0. The SMILES string of the molecule is CCN1CC2(CCN(Cc3ccccc3)CC2)CC1c1nnc(C)o1. The van der Waals surface area contributed by atoms with E-state index in [0.29, 0.717) is 17.3 Å². The van der Waals surface area contributed by atoms with Gasteiger partial charge in [0.05, 0.1) is 6.04 Å². The van der Waals surface area contributed by atoms with Crippen LogP contribution in [0, 0.1) is 12.3 Å². The summed E-state index contributed by atoms with van der Waals surface area (Å²) in [6.45, 7) is 9.75. The van der Waals surface area contributed by atoms with Crippen molar-refractivity contribution in [1.29, 1.82) is 0 Å². The molecule has 2 saturated heterocycles. The van der Waals surface area contributed by atoms with Crippen molar-refractivity contribution in [3.05, 3.63) is 47.7 Å². The highest BCUT2D eigenvalue weighted by atomic mass is 16.4. The van der Waals surface area contributed by atoms with Gasteiger partial charge < -0.3 is 4.42 Å². The molecule has 1 spiro atoms. The van der Waals surface area contributed by atoms with Crippen LogP contribution in [0.25, 0.3) is 0 Å². The molecule has 0 aliphatic carbocycles. The lowest BCUT2D eigenvalue weighted by molar-refractivity contribution is 0.103. The Hall–Kier alpha value is -1.72. The zero-order valence-corrected chi connectivity index (χ0v) is 15.3. The van der Waals surface area contributed by atoms with Crippen LogP contribution < -0.4 is 0 Å². The summed E-state index contributed by atoms with van der Waals surface area (Å²) in [6, 6.07) is 11.1. The van der Waals surface area contributed by atoms with Gasteiger partial charge in [-0.05, 0) is 49.9 Å². The quantitative estimate of drug-likeness (QED) is 0.853. The molecular formula is C20H28N4O. The van der Waals surface area contributed by atoms with E-state index in [4.69, 9.17) is 4.42 Å². The molecule has 1 unspecified atom stereocenters. The van der Waals surface area contributed by atoms with E-state index < -0.39 is 0 Å². The van der Waals surface area contributed by atoms with Gasteiger partial charge in [-0.25, -0.2) is 0 Å². The van der Waals surface area contributed by atoms with E-state index in [1.807, 2.05) is 6.92 Å². The fourth-order valence-corrected chi connectivity index (χ4v) is 4.56. The van der Waals surface area contributed by atoms with Crippen LogP contribution in [-0.2, 0) is 6.54 Å². The van der Waals surface area contributed by atoms with Gasteiger partial charge in [0, 0.05) is 20.0 Å². The summed E-state index contributed by atoms with van der Waals surface area (Å²) in [5, 5.41) is 8.35. The van der Waals surface area contributed by atoms with Crippen molar-refractivity contribution in [2.24, 2.45) is 5.41 Å². The number of nitrogens with zero attached hydrogens (tertiary/aromatic N) is 4. The standard InChI is InChI=1S/C20H28N4O/c1-3-24-15-20(13-18(24)19-22-21-16(2)25-19)9-11-23(12-10-20)14-17-7-5-4-6-8-17/h4-8,18H,3,9-15H2,1-2H3. The van der Waals surface area contributed by atoms with Gasteiger partial charge in [-0.15, -0.1) is 10.2 Å². The zero-order chi connectivity index (χ0) is 17.3. The molecule has 2 fully saturated rings. The van der Waals surface area contributed by atoms with Crippen molar-refractivity contribution < 1.29 is 4.42 Å². The molecule has 25 heavy (non-hydrogen) atoms. The van der Waals surface area contributed by atoms with Crippen LogP contribution in [0.3, 0.4) is 0 Å². The first-order valence-corrected chi connectivity index (χ1v) is 9.48. The van der Waals surface area contributed by atoms with Gasteiger partial charge in [0.25, 0.3) is 0 Å². The van der Waals surface area contributed by atoms with Crippen LogP contribution in [0.5, 0.6) is 0 Å². The number of hydrogen-bond donors (Lipinski definition) is 0. The van der Waals surface area contributed by atoms with Crippen molar-refractivity contribution in [1.82, 2.24) is 20.0 Å². The molecule has 5 heteroatoms. The summed E-state index contributed by atoms with van der Waals surface area (Å²) in [7, 11) is 0. The second-order valence-corrected chi connectivity index (χ2v) is 7.70. The maximum Gasteiger partial charge on any atom is 0.233 e. The Morgan fingerprint density at radius 2 is 1.92 bits per heavy atom. The lowest BCUT2D eigenvalue weighted by Crippen LogP contribution is -2.41. The van der Waals surface area contributed by atoms with Crippen LogP contribution in [-0.4, -0.2) is 46.2 Å². The molecule has 4 rings (SSSR count). The first-order valence-electron chi connectivity index (χ1n) is 9.48. The number of hydrogen-bond acceptors (Lipinski definition) is 5. The molecule has 2 aromatic rings. The van der Waals surface area contributed by atoms with Gasteiger partial charge in [0.15, 0.2) is 0 Å². The van der Waals surface area contributed by atoms with Gasteiger partial charge in [-0.2, -0.15) is 0 Å². The van der Waals surface area contributed by atoms with Gasteiger partial charge in [-0.3, -0.25) is 9.80 Å². The molecule has 5 nitrogen and oxygen atoms in total. The normalized spacial score (nSPS) is 24.2. The van der Waals surface area contributed by atoms with Crippen molar-refractivity contribution >= 4 is 0 Å². The fourth-order valence-electron chi connectivity index (χ4n) is 4.56. The van der Waals surface area contributed by atoms with Crippen LogP contribution in [0.4, 0.5) is 0 Å². The molecule has 1 atom stereocenters. The number of aromatic nitrogens is 2. The minimum absolute atomic E-state index is 0.298. The predicted octanol–water partition coefficient (Wildman–Crippen LogP) is 3.43. The highest BCUT2D eigenvalue weighted by Gasteiger charge is 2.47. The monoisotopic (exact) mass is 340 g/mol. The maximum absolute atomic E-state index is 5.76. The van der Waals surface area contributed by atoms with Gasteiger partial charge in [0.1, 0.15) is 0 Å². The molecule has 0 N–H and O–H groups in total. The lowest BCUT2D eigenvalue weighted by Gasteiger charge is -2.39. The molecule has 2 aliphatic heterocycles. The molecule has 134 valence electrons. The van der Waals surface area contributed by atoms with E-state index in [9.17, 15) is 0 Å². The Morgan fingerprint density at radius 3 is 2.56 bits per heavy atom. The fraction of sp³-hybridized carbons (Fsp3) is 0.600. The van der Waals surface area contributed by atoms with E-state index >= 15 is 0 Å². The summed E-state index contributed by atoms with van der Waals surface area (Å²) in [5.41, 5.74) is 1.83. The Bertz CT molecular complexity index is 691. The summed E-state index contributed by atoms with van der Waals surface area (Å²) in [6.07, 6.45) is 3.68. The number of piperidine rings is 1. The molecular weight excluding hydrogens is 312 g/mol. The van der Waals surface area contributed by atoms with E-state index in [1.165, 1.54) is 31.5 Å². The summed E-state index contributed by atoms with van der Waals surface area (Å²) in [4.78, 5) is 5.13. The first kappa shape index (κ1) is 16.7. The number of rotatable bonds is 4. The number of likely N-dealkylation sites (tertiary alicyclic amines) is 2. The second kappa shape index (κ2) is 6.89. The second-order valence-electron chi connectivity index (χ2n) is 7.70. The van der Waals surface area contributed by atoms with Crippen LogP contribution >= 0.6 is 0 Å². The smallest absolute Gasteiger partial charge is 0.233 e. The average molecular weight is 340 g/mol. The Labute approximate surface area is 150 Å². The lowest BCUT2D eigenvalue weighted by atomic mass is 9.76. The third-order valence-corrected chi connectivity index (χ3v) is 6.00.